The second-order valence-corrected chi connectivity index (χ2v) is 14.0. The van der Waals surface area contributed by atoms with Crippen LogP contribution in [0.25, 0.3) is 21.9 Å². The molecule has 16 nitrogen and oxygen atoms in total. The SMILES string of the molecule is CC1COc2c(N3CCN(C)CC3)c(F)cc3c(=O)c(C(=O)O)cn1c23.CO/N=C1\CN(c2nc3c(cc2F)c(=O)c(C(=O)O)cn3C2CC2)CC1CN. The standard InChI is InChI=1S/C18H20FN5O4.C18H20FN3O4/c1-28-22-14-8-23(6-9(14)5-20)17-13(19)4-11-15(25)12(18(26)27)7-24(10-2-3-10)16(11)21-17;1-10-9-26-17-14-11(16(23)12(18(24)25)8-22(10)14)7-13(19)15(17)21-5-3-20(2)4-6-21/h4,7,9-10H,2-3,5-6,8,20H2,1H3,(H,26,27);7-8,10H,3-6,9H2,1-2H3,(H,24,25)/b22-14+;. The number of rotatable bonds is 7. The molecule has 286 valence electrons. The summed E-state index contributed by atoms with van der Waals surface area (Å²) in [6.07, 6.45) is 4.36. The zero-order valence-electron chi connectivity index (χ0n) is 29.9. The molecule has 2 unspecified atom stereocenters. The van der Waals surface area contributed by atoms with Crippen LogP contribution in [0.5, 0.6) is 5.75 Å². The lowest BCUT2D eigenvalue weighted by Gasteiger charge is -2.37. The number of nitrogens with two attached hydrogens (primary N) is 1. The van der Waals surface area contributed by atoms with Gasteiger partial charge in [0, 0.05) is 63.6 Å². The van der Waals surface area contributed by atoms with Gasteiger partial charge in [0.1, 0.15) is 36.2 Å². The molecule has 0 amide bonds. The summed E-state index contributed by atoms with van der Waals surface area (Å²) in [6.45, 7) is 6.15. The number of hydrogen-bond donors (Lipinski definition) is 3. The lowest BCUT2D eigenvalue weighted by Crippen LogP contribution is -2.45. The maximum absolute atomic E-state index is 15.0. The summed E-state index contributed by atoms with van der Waals surface area (Å²) >= 11 is 0. The van der Waals surface area contributed by atoms with Crippen molar-refractivity contribution in [3.63, 3.8) is 0 Å². The summed E-state index contributed by atoms with van der Waals surface area (Å²) in [6, 6.07) is 2.13. The summed E-state index contributed by atoms with van der Waals surface area (Å²) in [5.74, 6) is -3.57. The molecule has 6 heterocycles. The second-order valence-electron chi connectivity index (χ2n) is 14.0. The van der Waals surface area contributed by atoms with Gasteiger partial charge in [-0.25, -0.2) is 23.4 Å². The van der Waals surface area contributed by atoms with Gasteiger partial charge < -0.3 is 49.4 Å². The molecule has 54 heavy (non-hydrogen) atoms. The van der Waals surface area contributed by atoms with Crippen molar-refractivity contribution in [1.82, 2.24) is 19.0 Å². The first-order chi connectivity index (χ1) is 25.8. The highest BCUT2D eigenvalue weighted by atomic mass is 19.1. The molecule has 3 fully saturated rings. The van der Waals surface area contributed by atoms with E-state index in [1.165, 1.54) is 19.5 Å². The summed E-state index contributed by atoms with van der Waals surface area (Å²) < 4.78 is 39.1. The van der Waals surface area contributed by atoms with Crippen LogP contribution in [0.4, 0.5) is 20.3 Å². The number of aromatic nitrogens is 3. The number of piperazine rings is 1. The molecule has 1 aliphatic carbocycles. The van der Waals surface area contributed by atoms with Crippen LogP contribution < -0.4 is 31.1 Å². The van der Waals surface area contributed by atoms with E-state index in [1.54, 1.807) is 14.0 Å². The van der Waals surface area contributed by atoms with Gasteiger partial charge in [-0.3, -0.25) is 9.59 Å². The van der Waals surface area contributed by atoms with E-state index in [4.69, 9.17) is 15.3 Å². The van der Waals surface area contributed by atoms with E-state index in [0.29, 0.717) is 55.4 Å². The molecule has 8 rings (SSSR count). The van der Waals surface area contributed by atoms with Crippen LogP contribution in [0.3, 0.4) is 0 Å². The Balaban J connectivity index is 0.000000167. The lowest BCUT2D eigenvalue weighted by molar-refractivity contribution is 0.0683. The van der Waals surface area contributed by atoms with Crippen molar-refractivity contribution >= 4 is 51.1 Å². The third-order valence-electron chi connectivity index (χ3n) is 10.4. The topological polar surface area (TPSA) is 198 Å². The average molecular weight is 751 g/mol. The summed E-state index contributed by atoms with van der Waals surface area (Å²) in [5, 5.41) is 22.6. The maximum Gasteiger partial charge on any atom is 0.341 e. The molecule has 3 aliphatic heterocycles. The Labute approximate surface area is 306 Å². The Hall–Kier alpha value is -5.62. The Morgan fingerprint density at radius 2 is 1.61 bits per heavy atom. The molecule has 4 aromatic rings. The molecule has 2 atom stereocenters. The number of carboxylic acids is 2. The molecule has 1 saturated carbocycles. The number of nitrogens with zero attached hydrogens (tertiary/aromatic N) is 7. The molecule has 1 aromatic carbocycles. The van der Waals surface area contributed by atoms with Gasteiger partial charge in [-0.1, -0.05) is 5.16 Å². The predicted molar refractivity (Wildman–Crippen MR) is 195 cm³/mol. The van der Waals surface area contributed by atoms with Gasteiger partial charge in [-0.05, 0) is 38.9 Å². The Morgan fingerprint density at radius 3 is 2.22 bits per heavy atom. The number of benzene rings is 1. The van der Waals surface area contributed by atoms with Crippen LogP contribution in [0.15, 0.2) is 39.3 Å². The molecule has 0 bridgehead atoms. The fraction of sp³-hybridized carbons (Fsp3) is 0.444. The number of pyridine rings is 3. The number of anilines is 2. The van der Waals surface area contributed by atoms with Gasteiger partial charge >= 0.3 is 11.9 Å². The van der Waals surface area contributed by atoms with E-state index in [2.05, 4.69) is 15.0 Å². The highest BCUT2D eigenvalue weighted by Crippen LogP contribution is 2.42. The number of carbonyl (C=O) groups is 2. The van der Waals surface area contributed by atoms with Crippen LogP contribution in [0.2, 0.25) is 0 Å². The van der Waals surface area contributed by atoms with Gasteiger partial charge in [-0.2, -0.15) is 0 Å². The Kier molecular flexibility index (Phi) is 9.74. The minimum absolute atomic E-state index is 0.0339. The van der Waals surface area contributed by atoms with Gasteiger partial charge in [0.05, 0.1) is 34.6 Å². The molecule has 3 aromatic heterocycles. The summed E-state index contributed by atoms with van der Waals surface area (Å²) in [5.41, 5.74) is 5.43. The molecule has 0 spiro atoms. The van der Waals surface area contributed by atoms with Crippen LogP contribution in [0, 0.1) is 17.6 Å². The first-order valence-corrected chi connectivity index (χ1v) is 17.6. The second kappa shape index (κ2) is 14.3. The average Bonchev–Trinajstić information content (AvgIpc) is 3.90. The van der Waals surface area contributed by atoms with Crippen LogP contribution in [-0.2, 0) is 4.84 Å². The highest BCUT2D eigenvalue weighted by molar-refractivity contribution is 5.98. The lowest BCUT2D eigenvalue weighted by atomic mass is 10.1. The van der Waals surface area contributed by atoms with Crippen molar-refractivity contribution in [2.24, 2.45) is 16.8 Å². The summed E-state index contributed by atoms with van der Waals surface area (Å²) in [7, 11) is 3.45. The van der Waals surface area contributed by atoms with E-state index < -0.39 is 34.4 Å². The van der Waals surface area contributed by atoms with E-state index in [9.17, 15) is 38.2 Å². The highest BCUT2D eigenvalue weighted by Gasteiger charge is 2.34. The number of likely N-dealkylation sites (N-methyl/N-ethyl adjacent to an activating group) is 1. The molecule has 4 N–H and O–H groups in total. The van der Waals surface area contributed by atoms with Crippen LogP contribution in [-0.4, -0.2) is 113 Å². The fourth-order valence-electron chi connectivity index (χ4n) is 7.28. The van der Waals surface area contributed by atoms with Crippen LogP contribution in [0.1, 0.15) is 52.6 Å². The largest absolute Gasteiger partial charge is 0.487 e. The van der Waals surface area contributed by atoms with Crippen molar-refractivity contribution < 1.29 is 38.2 Å². The minimum atomic E-state index is -1.34. The van der Waals surface area contributed by atoms with Crippen molar-refractivity contribution in [2.75, 3.05) is 76.4 Å². The van der Waals surface area contributed by atoms with E-state index >= 15 is 0 Å². The molecule has 18 heteroatoms. The predicted octanol–water partition coefficient (Wildman–Crippen LogP) is 2.51. The number of aromatic carboxylic acids is 2. The van der Waals surface area contributed by atoms with Crippen LogP contribution >= 0.6 is 0 Å². The Bertz CT molecular complexity index is 2330. The number of fused-ring (bicyclic) bond motifs is 1. The zero-order chi connectivity index (χ0) is 38.6. The van der Waals surface area contributed by atoms with Crippen molar-refractivity contribution in [1.29, 1.82) is 0 Å². The first kappa shape index (κ1) is 36.7. The quantitative estimate of drug-likeness (QED) is 0.233. The van der Waals surface area contributed by atoms with Gasteiger partial charge in [0.25, 0.3) is 0 Å². The number of oxime groups is 1. The normalized spacial score (nSPS) is 20.6. The molecule has 4 aliphatic rings. The molecule has 0 radical (unpaired) electrons. The monoisotopic (exact) mass is 750 g/mol. The third-order valence-corrected chi connectivity index (χ3v) is 10.4. The number of ether oxygens (including phenoxy) is 1. The fourth-order valence-corrected chi connectivity index (χ4v) is 7.28. The smallest absolute Gasteiger partial charge is 0.341 e. The van der Waals surface area contributed by atoms with Gasteiger partial charge in [0.15, 0.2) is 23.2 Å². The van der Waals surface area contributed by atoms with Crippen molar-refractivity contribution in [2.45, 2.75) is 31.8 Å². The molecular formula is C36H40F2N8O8. The molecule has 2 saturated heterocycles. The molecular weight excluding hydrogens is 710 g/mol. The van der Waals surface area contributed by atoms with E-state index in [0.717, 1.165) is 38.1 Å². The van der Waals surface area contributed by atoms with Crippen molar-refractivity contribution in [3.05, 3.63) is 67.7 Å². The summed E-state index contributed by atoms with van der Waals surface area (Å²) in [4.78, 5) is 63.0. The zero-order valence-corrected chi connectivity index (χ0v) is 29.9. The van der Waals surface area contributed by atoms with Crippen molar-refractivity contribution in [3.8, 4) is 5.75 Å². The Morgan fingerprint density at radius 1 is 0.981 bits per heavy atom. The number of carboxylic acid groups (broad SMARTS) is 2. The third kappa shape index (κ3) is 6.48. The first-order valence-electron chi connectivity index (χ1n) is 17.6. The van der Waals surface area contributed by atoms with E-state index in [1.807, 2.05) is 18.9 Å². The number of hydrogen-bond acceptors (Lipinski definition) is 12. The van der Waals surface area contributed by atoms with Gasteiger partial charge in [-0.15, -0.1) is 0 Å². The number of halogens is 2. The van der Waals surface area contributed by atoms with Gasteiger partial charge in [0.2, 0.25) is 10.9 Å². The van der Waals surface area contributed by atoms with E-state index in [-0.39, 0.29) is 58.0 Å². The maximum atomic E-state index is 15.0. The minimum Gasteiger partial charge on any atom is -0.487 e.